The first-order valence-electron chi connectivity index (χ1n) is 6.79. The molecular weight excluding hydrogens is 256 g/mol. The van der Waals surface area contributed by atoms with Crippen molar-refractivity contribution in [2.75, 3.05) is 11.9 Å². The van der Waals surface area contributed by atoms with Crippen molar-refractivity contribution in [3.8, 4) is 0 Å². The first-order chi connectivity index (χ1) is 9.45. The van der Waals surface area contributed by atoms with Crippen molar-refractivity contribution < 1.29 is 14.7 Å². The van der Waals surface area contributed by atoms with Crippen LogP contribution < -0.4 is 10.6 Å². The van der Waals surface area contributed by atoms with E-state index in [-0.39, 0.29) is 6.54 Å². The number of aliphatic hydroxyl groups excluding tert-OH is 1. The van der Waals surface area contributed by atoms with Gasteiger partial charge in [0.1, 0.15) is 0 Å². The second kappa shape index (κ2) is 7.65. The summed E-state index contributed by atoms with van der Waals surface area (Å²) in [5.74, 6) is -1.38. The van der Waals surface area contributed by atoms with Crippen LogP contribution in [-0.4, -0.2) is 29.6 Å². The summed E-state index contributed by atoms with van der Waals surface area (Å²) in [6.45, 7) is 5.98. The van der Waals surface area contributed by atoms with Gasteiger partial charge in [0.25, 0.3) is 0 Å². The number of carbonyl (C=O) groups is 2. The molecule has 1 atom stereocenters. The molecule has 0 radical (unpaired) electrons. The molecule has 0 aliphatic heterocycles. The van der Waals surface area contributed by atoms with Crippen LogP contribution in [0, 0.1) is 13.8 Å². The zero-order valence-electron chi connectivity index (χ0n) is 12.2. The number of carbonyl (C=O) groups excluding carboxylic acids is 2. The van der Waals surface area contributed by atoms with Crippen LogP contribution in [0.5, 0.6) is 0 Å². The minimum absolute atomic E-state index is 0.286. The van der Waals surface area contributed by atoms with Crippen LogP contribution in [-0.2, 0) is 9.59 Å². The molecule has 0 saturated carbocycles. The fraction of sp³-hybridized carbons (Fsp3) is 0.467. The average Bonchev–Trinajstić information content (AvgIpc) is 2.43. The van der Waals surface area contributed by atoms with E-state index in [1.54, 1.807) is 6.07 Å². The highest BCUT2D eigenvalue weighted by Gasteiger charge is 2.14. The van der Waals surface area contributed by atoms with Gasteiger partial charge in [0.2, 0.25) is 0 Å². The molecule has 0 bridgehead atoms. The zero-order chi connectivity index (χ0) is 15.1. The number of benzene rings is 1. The SMILES string of the molecule is CCC(O)CCNC(=O)C(=O)Nc1cccc(C)c1C. The Labute approximate surface area is 119 Å². The molecular formula is C15H22N2O3. The Hall–Kier alpha value is -1.88. The molecule has 20 heavy (non-hydrogen) atoms. The first-order valence-corrected chi connectivity index (χ1v) is 6.79. The molecule has 1 aromatic rings. The topological polar surface area (TPSA) is 78.4 Å². The Balaban J connectivity index is 2.50. The highest BCUT2D eigenvalue weighted by molar-refractivity contribution is 6.39. The molecule has 0 fully saturated rings. The van der Waals surface area contributed by atoms with Gasteiger partial charge in [-0.05, 0) is 43.9 Å². The number of aliphatic hydroxyl groups is 1. The van der Waals surface area contributed by atoms with Gasteiger partial charge in [-0.25, -0.2) is 0 Å². The summed E-state index contributed by atoms with van der Waals surface area (Å²) in [7, 11) is 0. The van der Waals surface area contributed by atoms with Gasteiger partial charge < -0.3 is 15.7 Å². The molecule has 110 valence electrons. The van der Waals surface area contributed by atoms with Gasteiger partial charge in [0.15, 0.2) is 0 Å². The summed E-state index contributed by atoms with van der Waals surface area (Å²) in [6, 6.07) is 5.53. The van der Waals surface area contributed by atoms with E-state index in [2.05, 4.69) is 10.6 Å². The summed E-state index contributed by atoms with van der Waals surface area (Å²) in [5, 5.41) is 14.4. The van der Waals surface area contributed by atoms with Crippen molar-refractivity contribution in [2.24, 2.45) is 0 Å². The third kappa shape index (κ3) is 4.66. The van der Waals surface area contributed by atoms with E-state index >= 15 is 0 Å². The van der Waals surface area contributed by atoms with Gasteiger partial charge in [-0.15, -0.1) is 0 Å². The molecule has 5 heteroatoms. The Bertz CT molecular complexity index is 486. The lowest BCUT2D eigenvalue weighted by atomic mass is 10.1. The highest BCUT2D eigenvalue weighted by atomic mass is 16.3. The normalized spacial score (nSPS) is 11.8. The molecule has 0 aliphatic rings. The summed E-state index contributed by atoms with van der Waals surface area (Å²) < 4.78 is 0. The number of hydrogen-bond acceptors (Lipinski definition) is 3. The van der Waals surface area contributed by atoms with Gasteiger partial charge in [-0.1, -0.05) is 19.1 Å². The monoisotopic (exact) mass is 278 g/mol. The molecule has 0 heterocycles. The van der Waals surface area contributed by atoms with Gasteiger partial charge in [0.05, 0.1) is 6.10 Å². The van der Waals surface area contributed by atoms with Crippen molar-refractivity contribution in [3.05, 3.63) is 29.3 Å². The molecule has 2 amide bonds. The van der Waals surface area contributed by atoms with Crippen LogP contribution in [0.25, 0.3) is 0 Å². The van der Waals surface area contributed by atoms with Gasteiger partial charge in [-0.2, -0.15) is 0 Å². The van der Waals surface area contributed by atoms with Crippen LogP contribution in [0.15, 0.2) is 18.2 Å². The van der Waals surface area contributed by atoms with E-state index in [1.165, 1.54) is 0 Å². The van der Waals surface area contributed by atoms with Crippen LogP contribution in [0.3, 0.4) is 0 Å². The molecule has 1 rings (SSSR count). The van der Waals surface area contributed by atoms with E-state index in [0.717, 1.165) is 11.1 Å². The van der Waals surface area contributed by atoms with Crippen LogP contribution in [0.2, 0.25) is 0 Å². The number of aryl methyl sites for hydroxylation is 1. The number of nitrogens with one attached hydrogen (secondary N) is 2. The minimum Gasteiger partial charge on any atom is -0.393 e. The Kier molecular flexibility index (Phi) is 6.18. The highest BCUT2D eigenvalue weighted by Crippen LogP contribution is 2.17. The molecule has 0 spiro atoms. The molecule has 0 aliphatic carbocycles. The largest absolute Gasteiger partial charge is 0.393 e. The fourth-order valence-electron chi connectivity index (χ4n) is 1.70. The maximum atomic E-state index is 11.7. The standard InChI is InChI=1S/C15H22N2O3/c1-4-12(18)8-9-16-14(19)15(20)17-13-7-5-6-10(2)11(13)3/h5-7,12,18H,4,8-9H2,1-3H3,(H,16,19)(H,17,20). The third-order valence-electron chi connectivity index (χ3n) is 3.29. The Morgan fingerprint density at radius 1 is 1.25 bits per heavy atom. The quantitative estimate of drug-likeness (QED) is 0.715. The predicted octanol–water partition coefficient (Wildman–Crippen LogP) is 1.52. The van der Waals surface area contributed by atoms with Crippen molar-refractivity contribution >= 4 is 17.5 Å². The summed E-state index contributed by atoms with van der Waals surface area (Å²) in [6.07, 6.45) is 0.626. The van der Waals surface area contributed by atoms with Gasteiger partial charge in [0, 0.05) is 12.2 Å². The number of hydrogen-bond donors (Lipinski definition) is 3. The van der Waals surface area contributed by atoms with Crippen molar-refractivity contribution in [1.82, 2.24) is 5.32 Å². The van der Waals surface area contributed by atoms with Crippen LogP contribution >= 0.6 is 0 Å². The summed E-state index contributed by atoms with van der Waals surface area (Å²) in [5.41, 5.74) is 2.63. The second-order valence-corrected chi connectivity index (χ2v) is 4.81. The van der Waals surface area contributed by atoms with Gasteiger partial charge >= 0.3 is 11.8 Å². The maximum Gasteiger partial charge on any atom is 0.313 e. The molecule has 5 nitrogen and oxygen atoms in total. The van der Waals surface area contributed by atoms with E-state index in [0.29, 0.717) is 18.5 Å². The number of rotatable bonds is 5. The molecule has 3 N–H and O–H groups in total. The van der Waals surface area contributed by atoms with Crippen LogP contribution in [0.4, 0.5) is 5.69 Å². The Morgan fingerprint density at radius 2 is 1.95 bits per heavy atom. The smallest absolute Gasteiger partial charge is 0.313 e. The van der Waals surface area contributed by atoms with Crippen molar-refractivity contribution in [1.29, 1.82) is 0 Å². The minimum atomic E-state index is -0.690. The molecule has 0 aromatic heterocycles. The number of anilines is 1. The van der Waals surface area contributed by atoms with Crippen molar-refractivity contribution in [2.45, 2.75) is 39.7 Å². The molecule has 1 unspecified atom stereocenters. The molecule has 0 saturated heterocycles. The lowest BCUT2D eigenvalue weighted by Gasteiger charge is -2.11. The third-order valence-corrected chi connectivity index (χ3v) is 3.29. The number of amides is 2. The van der Waals surface area contributed by atoms with Crippen LogP contribution in [0.1, 0.15) is 30.9 Å². The average molecular weight is 278 g/mol. The lowest BCUT2D eigenvalue weighted by Crippen LogP contribution is -2.37. The zero-order valence-corrected chi connectivity index (χ0v) is 12.2. The predicted molar refractivity (Wildman–Crippen MR) is 78.5 cm³/mol. The van der Waals surface area contributed by atoms with E-state index < -0.39 is 17.9 Å². The fourth-order valence-corrected chi connectivity index (χ4v) is 1.70. The first kappa shape index (κ1) is 16.2. The molecule has 1 aromatic carbocycles. The van der Waals surface area contributed by atoms with Crippen molar-refractivity contribution in [3.63, 3.8) is 0 Å². The summed E-state index contributed by atoms with van der Waals surface area (Å²) >= 11 is 0. The van der Waals surface area contributed by atoms with Gasteiger partial charge in [-0.3, -0.25) is 9.59 Å². The second-order valence-electron chi connectivity index (χ2n) is 4.81. The lowest BCUT2D eigenvalue weighted by molar-refractivity contribution is -0.136. The summed E-state index contributed by atoms with van der Waals surface area (Å²) in [4.78, 5) is 23.3. The maximum absolute atomic E-state index is 11.7. The van der Waals surface area contributed by atoms with E-state index in [1.807, 2.05) is 32.9 Å². The van der Waals surface area contributed by atoms with E-state index in [4.69, 9.17) is 0 Å². The van der Waals surface area contributed by atoms with E-state index in [9.17, 15) is 14.7 Å². The Morgan fingerprint density at radius 3 is 2.60 bits per heavy atom.